The topological polar surface area (TPSA) is 91.3 Å². The number of benzene rings is 1. The van der Waals surface area contributed by atoms with E-state index in [-0.39, 0.29) is 11.0 Å². The van der Waals surface area contributed by atoms with Crippen LogP contribution in [0.2, 0.25) is 0 Å². The summed E-state index contributed by atoms with van der Waals surface area (Å²) in [5.74, 6) is -1.72. The molecule has 1 aromatic heterocycles. The van der Waals surface area contributed by atoms with Gasteiger partial charge >= 0.3 is 5.97 Å². The smallest absolute Gasteiger partial charge is 0.371 e. The van der Waals surface area contributed by atoms with Gasteiger partial charge in [0.25, 0.3) is 0 Å². The summed E-state index contributed by atoms with van der Waals surface area (Å²) in [6.07, 6.45) is 0. The average Bonchev–Trinajstić information content (AvgIpc) is 2.28. The van der Waals surface area contributed by atoms with Crippen LogP contribution in [0.3, 0.4) is 0 Å². The van der Waals surface area contributed by atoms with Crippen molar-refractivity contribution in [3.63, 3.8) is 0 Å². The Balaban J connectivity index is 2.83. The summed E-state index contributed by atoms with van der Waals surface area (Å²) < 4.78 is 4.99. The van der Waals surface area contributed by atoms with Gasteiger partial charge in [-0.3, -0.25) is 4.79 Å². The minimum absolute atomic E-state index is 0.156. The van der Waals surface area contributed by atoms with Crippen molar-refractivity contribution in [1.82, 2.24) is 0 Å². The van der Waals surface area contributed by atoms with Crippen LogP contribution in [0.5, 0.6) is 0 Å². The zero-order valence-electron chi connectivity index (χ0n) is 7.93. The van der Waals surface area contributed by atoms with E-state index in [2.05, 4.69) is 0 Å². The maximum absolute atomic E-state index is 11.5. The van der Waals surface area contributed by atoms with E-state index >= 15 is 0 Å². The fourth-order valence-electron chi connectivity index (χ4n) is 1.33. The Kier molecular flexibility index (Phi) is 2.18. The van der Waals surface area contributed by atoms with Crippen molar-refractivity contribution in [2.75, 3.05) is 0 Å². The average molecular weight is 215 g/mol. The monoisotopic (exact) mass is 215 g/mol. The lowest BCUT2D eigenvalue weighted by molar-refractivity contribution is 0.0663. The highest BCUT2D eigenvalue weighted by atomic mass is 16.4. The molecular weight excluding hydrogens is 210 g/mol. The van der Waals surface area contributed by atoms with Crippen molar-refractivity contribution in [3.8, 4) is 6.07 Å². The summed E-state index contributed by atoms with van der Waals surface area (Å²) in [7, 11) is 0. The number of aromatic carboxylic acids is 1. The zero-order chi connectivity index (χ0) is 11.7. The number of hydrogen-bond acceptors (Lipinski definition) is 4. The molecule has 0 aliphatic heterocycles. The van der Waals surface area contributed by atoms with E-state index in [1.54, 1.807) is 0 Å². The number of hydrogen-bond donors (Lipinski definition) is 1. The Labute approximate surface area is 89.2 Å². The molecule has 0 unspecified atom stereocenters. The molecule has 0 spiro atoms. The van der Waals surface area contributed by atoms with Crippen LogP contribution in [0.4, 0.5) is 0 Å². The van der Waals surface area contributed by atoms with Gasteiger partial charge in [-0.25, -0.2) is 4.79 Å². The predicted octanol–water partition coefficient (Wildman–Crippen LogP) is 1.36. The van der Waals surface area contributed by atoms with E-state index in [1.165, 1.54) is 18.2 Å². The number of fused-ring (bicyclic) bond motifs is 1. The highest BCUT2D eigenvalue weighted by Gasteiger charge is 2.10. The molecule has 5 nitrogen and oxygen atoms in total. The van der Waals surface area contributed by atoms with Gasteiger partial charge in [-0.05, 0) is 18.2 Å². The molecule has 0 fully saturated rings. The summed E-state index contributed by atoms with van der Waals surface area (Å²) in [4.78, 5) is 22.2. The number of rotatable bonds is 1. The standard InChI is InChI=1S/C11H5NO4/c12-5-6-1-2-9-7(3-6)8(13)4-10(16-9)11(14)15/h1-4H,(H,14,15). The van der Waals surface area contributed by atoms with Crippen LogP contribution in [0, 0.1) is 11.3 Å². The van der Waals surface area contributed by atoms with E-state index < -0.39 is 17.2 Å². The third kappa shape index (κ3) is 1.53. The van der Waals surface area contributed by atoms with Gasteiger partial charge in [-0.1, -0.05) is 0 Å². The van der Waals surface area contributed by atoms with Crippen LogP contribution in [0.25, 0.3) is 11.0 Å². The molecule has 0 saturated carbocycles. The third-order valence-corrected chi connectivity index (χ3v) is 2.07. The lowest BCUT2D eigenvalue weighted by Gasteiger charge is -1.98. The Bertz CT molecular complexity index is 678. The second kappa shape index (κ2) is 3.51. The van der Waals surface area contributed by atoms with E-state index in [4.69, 9.17) is 14.8 Å². The molecule has 1 N–H and O–H groups in total. The van der Waals surface area contributed by atoms with Crippen LogP contribution in [0.1, 0.15) is 16.1 Å². The van der Waals surface area contributed by atoms with Gasteiger partial charge in [-0.15, -0.1) is 0 Å². The first-order valence-corrected chi connectivity index (χ1v) is 4.33. The van der Waals surface area contributed by atoms with Gasteiger partial charge < -0.3 is 9.52 Å². The van der Waals surface area contributed by atoms with Gasteiger partial charge in [0.1, 0.15) is 5.58 Å². The Morgan fingerprint density at radius 3 is 2.75 bits per heavy atom. The largest absolute Gasteiger partial charge is 0.475 e. The van der Waals surface area contributed by atoms with Crippen LogP contribution in [-0.4, -0.2) is 11.1 Å². The minimum Gasteiger partial charge on any atom is -0.475 e. The lowest BCUT2D eigenvalue weighted by atomic mass is 10.1. The van der Waals surface area contributed by atoms with Crippen molar-refractivity contribution in [3.05, 3.63) is 45.8 Å². The van der Waals surface area contributed by atoms with Crippen molar-refractivity contribution < 1.29 is 14.3 Å². The van der Waals surface area contributed by atoms with E-state index in [9.17, 15) is 9.59 Å². The molecule has 0 aliphatic carbocycles. The molecule has 0 aliphatic rings. The second-order valence-electron chi connectivity index (χ2n) is 3.10. The first kappa shape index (κ1) is 9.93. The van der Waals surface area contributed by atoms with Gasteiger partial charge in [0, 0.05) is 6.07 Å². The summed E-state index contributed by atoms with van der Waals surface area (Å²) in [5, 5.41) is 17.5. The summed E-state index contributed by atoms with van der Waals surface area (Å²) >= 11 is 0. The molecule has 16 heavy (non-hydrogen) atoms. The van der Waals surface area contributed by atoms with Gasteiger partial charge in [-0.2, -0.15) is 5.26 Å². The Morgan fingerprint density at radius 2 is 2.12 bits per heavy atom. The van der Waals surface area contributed by atoms with Crippen molar-refractivity contribution in [1.29, 1.82) is 5.26 Å². The van der Waals surface area contributed by atoms with E-state index in [0.717, 1.165) is 6.07 Å². The van der Waals surface area contributed by atoms with Gasteiger partial charge in [0.2, 0.25) is 5.76 Å². The number of carboxylic acid groups (broad SMARTS) is 1. The quantitative estimate of drug-likeness (QED) is 0.775. The molecule has 0 saturated heterocycles. The summed E-state index contributed by atoms with van der Waals surface area (Å²) in [6, 6.07) is 7.01. The Morgan fingerprint density at radius 1 is 1.38 bits per heavy atom. The van der Waals surface area contributed by atoms with E-state index in [0.29, 0.717) is 5.56 Å². The molecule has 78 valence electrons. The Hall–Kier alpha value is -2.61. The molecule has 5 heteroatoms. The normalized spacial score (nSPS) is 9.94. The molecule has 0 bridgehead atoms. The predicted molar refractivity (Wildman–Crippen MR) is 54.2 cm³/mol. The molecule has 1 heterocycles. The third-order valence-electron chi connectivity index (χ3n) is 2.07. The summed E-state index contributed by atoms with van der Waals surface area (Å²) in [5.41, 5.74) is 0.00234. The molecule has 0 atom stereocenters. The van der Waals surface area contributed by atoms with Crippen LogP contribution >= 0.6 is 0 Å². The highest BCUT2D eigenvalue weighted by Crippen LogP contribution is 2.14. The van der Waals surface area contributed by atoms with Crippen LogP contribution < -0.4 is 5.43 Å². The SMILES string of the molecule is N#Cc1ccc2oc(C(=O)O)cc(=O)c2c1. The van der Waals surface area contributed by atoms with Gasteiger partial charge in [0.15, 0.2) is 5.43 Å². The second-order valence-corrected chi connectivity index (χ2v) is 3.10. The number of carbonyl (C=O) groups is 1. The van der Waals surface area contributed by atoms with Gasteiger partial charge in [0.05, 0.1) is 17.0 Å². The molecule has 2 aromatic rings. The summed E-state index contributed by atoms with van der Waals surface area (Å²) in [6.45, 7) is 0. The fraction of sp³-hybridized carbons (Fsp3) is 0. The minimum atomic E-state index is -1.30. The van der Waals surface area contributed by atoms with Crippen molar-refractivity contribution in [2.45, 2.75) is 0 Å². The number of nitriles is 1. The number of carboxylic acids is 1. The maximum Gasteiger partial charge on any atom is 0.371 e. The zero-order valence-corrected chi connectivity index (χ0v) is 7.93. The number of nitrogens with zero attached hydrogens (tertiary/aromatic N) is 1. The molecule has 2 rings (SSSR count). The lowest BCUT2D eigenvalue weighted by Crippen LogP contribution is -2.06. The van der Waals surface area contributed by atoms with Crippen molar-refractivity contribution in [2.24, 2.45) is 0 Å². The first-order chi connectivity index (χ1) is 7.61. The maximum atomic E-state index is 11.5. The van der Waals surface area contributed by atoms with Crippen molar-refractivity contribution >= 4 is 16.9 Å². The fourth-order valence-corrected chi connectivity index (χ4v) is 1.33. The van der Waals surface area contributed by atoms with Crippen LogP contribution in [-0.2, 0) is 0 Å². The molecule has 0 amide bonds. The highest BCUT2D eigenvalue weighted by molar-refractivity contribution is 5.87. The molecular formula is C11H5NO4. The van der Waals surface area contributed by atoms with Crippen LogP contribution in [0.15, 0.2) is 33.5 Å². The molecule has 0 radical (unpaired) electrons. The molecule has 1 aromatic carbocycles. The first-order valence-electron chi connectivity index (χ1n) is 4.33. The van der Waals surface area contributed by atoms with E-state index in [1.807, 2.05) is 6.07 Å².